The van der Waals surface area contributed by atoms with E-state index in [4.69, 9.17) is 0 Å². The van der Waals surface area contributed by atoms with E-state index in [1.54, 1.807) is 0 Å². The second-order valence-electron chi connectivity index (χ2n) is 29.0. The molecule has 6 heteroatoms. The van der Waals surface area contributed by atoms with E-state index < -0.39 is 0 Å². The lowest BCUT2D eigenvalue weighted by atomic mass is 9.30. The molecule has 0 N–H and O–H groups in total. The van der Waals surface area contributed by atoms with Crippen molar-refractivity contribution >= 4 is 111 Å². The van der Waals surface area contributed by atoms with E-state index >= 15 is 0 Å². The smallest absolute Gasteiger partial charge is 0.222 e. The Morgan fingerprint density at radius 1 is 0.280 bits per heavy atom. The molecule has 0 aliphatic carbocycles. The molecule has 0 bridgehead atoms. The quantitative estimate of drug-likeness (QED) is 0.114. The lowest BCUT2D eigenvalue weighted by Gasteiger charge is -2.43. The van der Waals surface area contributed by atoms with Crippen LogP contribution in [0, 0.1) is 0 Å². The fourth-order valence-corrected chi connectivity index (χ4v) is 18.6. The van der Waals surface area contributed by atoms with Gasteiger partial charge in [0.2, 0.25) is 6.71 Å². The van der Waals surface area contributed by atoms with Crippen LogP contribution in [0.3, 0.4) is 0 Å². The Balaban J connectivity index is 0.878. The van der Waals surface area contributed by atoms with Crippen molar-refractivity contribution in [2.75, 3.05) is 16.3 Å². The number of aromatic nitrogens is 3. The second-order valence-corrected chi connectivity index (χ2v) is 29.0. The maximum atomic E-state index is 2.78. The molecule has 0 spiro atoms. The van der Waals surface area contributed by atoms with E-state index in [-0.39, 0.29) is 18.6 Å². The first-order valence-electron chi connectivity index (χ1n) is 37.6. The molecule has 2 aliphatic rings. The highest BCUT2D eigenvalue weighted by molar-refractivity contribution is 6.90. The van der Waals surface area contributed by atoms with Crippen LogP contribution in [0.25, 0.3) is 144 Å². The summed E-state index contributed by atoms with van der Waals surface area (Å²) in [4.78, 5) is 5.51. The molecule has 16 aromatic carbocycles. The van der Waals surface area contributed by atoms with Gasteiger partial charge in [-0.3, -0.25) is 0 Å². The third-order valence-electron chi connectivity index (χ3n) is 23.3. The molecule has 2 atom stereocenters. The fraction of sp³-hybridized carbons (Fsp3) is 0.0495. The van der Waals surface area contributed by atoms with Crippen molar-refractivity contribution in [2.45, 2.75) is 25.2 Å². The number of anilines is 5. The number of nitrogens with zero attached hydrogens (tertiary/aromatic N) is 5. The maximum Gasteiger partial charge on any atom is 0.222 e. The highest BCUT2D eigenvalue weighted by atomic mass is 15.2. The number of hydrogen-bond acceptors (Lipinski definition) is 2. The Kier molecular flexibility index (Phi) is 14.8. The summed E-state index contributed by atoms with van der Waals surface area (Å²) >= 11 is 0. The normalized spacial score (nSPS) is 13.8. The summed E-state index contributed by atoms with van der Waals surface area (Å²) < 4.78 is 7.57. The Hall–Kier alpha value is -13.4. The lowest BCUT2D eigenvalue weighted by molar-refractivity contribution is 0.512. The van der Waals surface area contributed by atoms with Crippen molar-refractivity contribution in [3.8, 4) is 78.1 Å². The number of rotatable bonds is 12. The van der Waals surface area contributed by atoms with Crippen LogP contribution in [0.15, 0.2) is 382 Å². The summed E-state index contributed by atoms with van der Waals surface area (Å²) in [5.41, 5.74) is 31.8. The summed E-state index contributed by atoms with van der Waals surface area (Å²) in [7, 11) is 0. The molecule has 0 saturated carbocycles. The molecule has 1 unspecified atom stereocenters. The van der Waals surface area contributed by atoms with Gasteiger partial charge in [-0.15, -0.1) is 0 Å². The first kappa shape index (κ1) is 62.2. The molecule has 19 aromatic rings. The monoisotopic (exact) mass is 1370 g/mol. The first-order valence-corrected chi connectivity index (χ1v) is 37.6. The van der Waals surface area contributed by atoms with E-state index in [9.17, 15) is 0 Å². The van der Waals surface area contributed by atoms with Gasteiger partial charge in [0.25, 0.3) is 0 Å². The zero-order valence-electron chi connectivity index (χ0n) is 59.3. The van der Waals surface area contributed by atoms with E-state index in [0.29, 0.717) is 0 Å². The van der Waals surface area contributed by atoms with E-state index in [2.05, 4.69) is 413 Å². The third-order valence-corrected chi connectivity index (χ3v) is 23.3. The van der Waals surface area contributed by atoms with Crippen LogP contribution in [0.4, 0.5) is 28.4 Å². The van der Waals surface area contributed by atoms with Crippen molar-refractivity contribution < 1.29 is 0 Å². The predicted octanol–water partition coefficient (Wildman–Crippen LogP) is 25.6. The van der Waals surface area contributed by atoms with Crippen LogP contribution in [0.5, 0.6) is 0 Å². The standard InChI is InChI=1S/C101H72BN5/c1-67(104-90-46-20-14-36-82(90)83-37-15-21-47-91(83)104)88-62-63-103(100-78(70-28-6-2-7-29-70)42-26-43-79(100)71-30-8-3-9-31-71)97-65-75(69-54-59-77(60-55-69)106-94-50-24-18-40-86(94)87-41-19-25-51-95(87)106)66-98-99(97)102(88)89-61-56-74(68-52-57-76(58-53-68)105-92-48-22-16-38-84(92)85-39-17-23-49-93(85)105)64-96(89)107(98)101-80(72-32-10-4-11-33-72)44-27-45-81(101)73-34-12-5-13-35-73/h2-61,64-67,88H,62-63H2,1H3/t67-,88?/m1/s1. The lowest BCUT2D eigenvalue weighted by Crippen LogP contribution is -2.54. The molecule has 21 rings (SSSR count). The van der Waals surface area contributed by atoms with E-state index in [0.717, 1.165) is 80.2 Å². The molecule has 5 nitrogen and oxygen atoms in total. The maximum absolute atomic E-state index is 2.78. The van der Waals surface area contributed by atoms with Gasteiger partial charge >= 0.3 is 0 Å². The Morgan fingerprint density at radius 2 is 0.617 bits per heavy atom. The van der Waals surface area contributed by atoms with Gasteiger partial charge in [0.15, 0.2) is 0 Å². The van der Waals surface area contributed by atoms with Gasteiger partial charge in [-0.1, -0.05) is 303 Å². The molecule has 2 aliphatic heterocycles. The van der Waals surface area contributed by atoms with Gasteiger partial charge in [0.05, 0.1) is 33.4 Å². The summed E-state index contributed by atoms with van der Waals surface area (Å²) in [5.74, 6) is 0.0485. The van der Waals surface area contributed by atoms with Gasteiger partial charge in [-0.2, -0.15) is 0 Å². The highest BCUT2D eigenvalue weighted by Crippen LogP contribution is 2.55. The minimum Gasteiger partial charge on any atom is -0.341 e. The first-order chi connectivity index (χ1) is 53.1. The van der Waals surface area contributed by atoms with Gasteiger partial charge in [-0.05, 0) is 153 Å². The minimum atomic E-state index is -0.127. The summed E-state index contributed by atoms with van der Waals surface area (Å²) in [6, 6.07) is 143. The number of hydrogen-bond donors (Lipinski definition) is 0. The van der Waals surface area contributed by atoms with Crippen LogP contribution in [0.1, 0.15) is 19.4 Å². The molecule has 0 radical (unpaired) electrons. The van der Waals surface area contributed by atoms with Crippen molar-refractivity contribution in [3.63, 3.8) is 0 Å². The molecular formula is C101H72BN5. The number of fused-ring (bicyclic) bond motifs is 11. The molecule has 0 saturated heterocycles. The zero-order valence-corrected chi connectivity index (χ0v) is 59.3. The van der Waals surface area contributed by atoms with Crippen molar-refractivity contribution in [2.24, 2.45) is 0 Å². The van der Waals surface area contributed by atoms with Crippen LogP contribution < -0.4 is 20.7 Å². The molecule has 504 valence electrons. The summed E-state index contributed by atoms with van der Waals surface area (Å²) in [5, 5.41) is 7.54. The van der Waals surface area contributed by atoms with Crippen LogP contribution in [-0.2, 0) is 0 Å². The van der Waals surface area contributed by atoms with Gasteiger partial charge in [-0.25, -0.2) is 0 Å². The largest absolute Gasteiger partial charge is 0.341 e. The average molecular weight is 1370 g/mol. The Morgan fingerprint density at radius 3 is 1.04 bits per heavy atom. The van der Waals surface area contributed by atoms with E-state index in [1.165, 1.54) is 116 Å². The van der Waals surface area contributed by atoms with Crippen molar-refractivity contribution in [3.05, 3.63) is 382 Å². The Bertz CT molecular complexity index is 6380. The third kappa shape index (κ3) is 10.1. The molecule has 0 fully saturated rings. The molecular weight excluding hydrogens is 1290 g/mol. The zero-order chi connectivity index (χ0) is 70.6. The summed E-state index contributed by atoms with van der Waals surface area (Å²) in [6.45, 7) is 3.14. The molecule has 107 heavy (non-hydrogen) atoms. The van der Waals surface area contributed by atoms with Crippen molar-refractivity contribution in [1.82, 2.24) is 13.7 Å². The highest BCUT2D eigenvalue weighted by Gasteiger charge is 2.47. The number of benzene rings is 16. The van der Waals surface area contributed by atoms with Crippen LogP contribution in [-0.4, -0.2) is 27.0 Å². The van der Waals surface area contributed by atoms with Crippen molar-refractivity contribution in [1.29, 1.82) is 0 Å². The SMILES string of the molecule is C[C@H](C1CCN(c2c(-c3ccccc3)cccc2-c2ccccc2)c2cc(-c3ccc(-n4c5ccccc5c5ccccc54)cc3)cc3c2B1c1ccc(-c2ccc(-n4c5ccccc5c5ccccc54)cc2)cc1N3c1c(-c2ccccc2)cccc1-c1ccccc1)n1c2ccccc2c2ccccc21. The topological polar surface area (TPSA) is 21.3 Å². The Labute approximate surface area is 623 Å². The van der Waals surface area contributed by atoms with Crippen LogP contribution >= 0.6 is 0 Å². The van der Waals surface area contributed by atoms with Crippen LogP contribution in [0.2, 0.25) is 5.82 Å². The second kappa shape index (κ2) is 25.5. The molecule has 5 heterocycles. The van der Waals surface area contributed by atoms with Gasteiger partial charge in [0, 0.05) is 107 Å². The number of para-hydroxylation sites is 8. The molecule has 3 aromatic heterocycles. The molecule has 0 amide bonds. The predicted molar refractivity (Wildman–Crippen MR) is 453 cm³/mol. The minimum absolute atomic E-state index is 0.000402. The van der Waals surface area contributed by atoms with Gasteiger partial charge < -0.3 is 23.5 Å². The van der Waals surface area contributed by atoms with E-state index in [1.807, 2.05) is 0 Å². The van der Waals surface area contributed by atoms with Gasteiger partial charge in [0.1, 0.15) is 0 Å². The average Bonchev–Trinajstić information content (AvgIpc) is 1.63. The summed E-state index contributed by atoms with van der Waals surface area (Å²) in [6.07, 6.45) is 0.863. The fourth-order valence-electron chi connectivity index (χ4n) is 18.6.